The van der Waals surface area contributed by atoms with Crippen molar-refractivity contribution in [1.29, 1.82) is 0 Å². The van der Waals surface area contributed by atoms with Gasteiger partial charge in [-0.15, -0.1) is 0 Å². The number of ketones is 1. The van der Waals surface area contributed by atoms with Gasteiger partial charge in [-0.2, -0.15) is 0 Å². The molecule has 4 rings (SSSR count). The summed E-state index contributed by atoms with van der Waals surface area (Å²) in [7, 11) is 0. The molecule has 1 saturated heterocycles. The predicted molar refractivity (Wildman–Crippen MR) is 99.3 cm³/mol. The van der Waals surface area contributed by atoms with E-state index in [0.29, 0.717) is 34.7 Å². The molecule has 0 aromatic heterocycles. The van der Waals surface area contributed by atoms with Crippen LogP contribution in [-0.4, -0.2) is 36.4 Å². The number of carbonyl (C=O) groups excluding carboxylic acids is 1. The van der Waals surface area contributed by atoms with Crippen molar-refractivity contribution in [1.82, 2.24) is 4.90 Å². The summed E-state index contributed by atoms with van der Waals surface area (Å²) in [5, 5.41) is 0.637. The molecule has 136 valence electrons. The van der Waals surface area contributed by atoms with Crippen LogP contribution in [0.25, 0.3) is 0 Å². The molecule has 0 bridgehead atoms. The zero-order valence-electron chi connectivity index (χ0n) is 14.4. The number of benzene rings is 2. The lowest BCUT2D eigenvalue weighted by atomic mass is 10.0. The smallest absolute Gasteiger partial charge is 0.176 e. The first kappa shape index (κ1) is 17.5. The molecule has 0 radical (unpaired) electrons. The highest BCUT2D eigenvalue weighted by molar-refractivity contribution is 6.30. The highest BCUT2D eigenvalue weighted by atomic mass is 35.5. The molecule has 26 heavy (non-hydrogen) atoms. The number of nitrogens with zero attached hydrogens (tertiary/aromatic N) is 1. The van der Waals surface area contributed by atoms with Crippen LogP contribution in [0.5, 0.6) is 5.75 Å². The Balaban J connectivity index is 1.30. The van der Waals surface area contributed by atoms with E-state index in [1.165, 1.54) is 6.07 Å². The minimum Gasteiger partial charge on any atom is -0.487 e. The van der Waals surface area contributed by atoms with Crippen molar-refractivity contribution in [2.75, 3.05) is 19.6 Å². The lowest BCUT2D eigenvalue weighted by Crippen LogP contribution is -2.30. The van der Waals surface area contributed by atoms with Crippen molar-refractivity contribution in [3.63, 3.8) is 0 Å². The van der Waals surface area contributed by atoms with E-state index in [0.717, 1.165) is 25.9 Å². The van der Waals surface area contributed by atoms with Crippen molar-refractivity contribution in [3.05, 3.63) is 64.9 Å². The van der Waals surface area contributed by atoms with Crippen LogP contribution in [0.3, 0.4) is 0 Å². The summed E-state index contributed by atoms with van der Waals surface area (Å²) in [5.41, 5.74) is 0.701. The quantitative estimate of drug-likeness (QED) is 0.725. The van der Waals surface area contributed by atoms with Crippen molar-refractivity contribution >= 4 is 17.4 Å². The molecule has 3 atom stereocenters. The van der Waals surface area contributed by atoms with Gasteiger partial charge in [-0.25, -0.2) is 4.39 Å². The van der Waals surface area contributed by atoms with E-state index in [1.54, 1.807) is 42.5 Å². The maximum atomic E-state index is 13.7. The van der Waals surface area contributed by atoms with Crippen LogP contribution < -0.4 is 4.74 Å². The fourth-order valence-corrected chi connectivity index (χ4v) is 4.34. The number of halogens is 2. The number of hydrogen-bond acceptors (Lipinski definition) is 3. The van der Waals surface area contributed by atoms with Crippen LogP contribution >= 0.6 is 11.6 Å². The highest BCUT2D eigenvalue weighted by Gasteiger charge is 2.42. The Hall–Kier alpha value is -1.91. The lowest BCUT2D eigenvalue weighted by Gasteiger charge is -2.19. The molecule has 0 amide bonds. The molecule has 1 heterocycles. The molecule has 1 aliphatic carbocycles. The van der Waals surface area contributed by atoms with E-state index in [-0.39, 0.29) is 17.7 Å². The Morgan fingerprint density at radius 1 is 1.08 bits per heavy atom. The molecule has 2 aromatic rings. The van der Waals surface area contributed by atoms with Gasteiger partial charge >= 0.3 is 0 Å². The summed E-state index contributed by atoms with van der Waals surface area (Å²) in [4.78, 5) is 14.7. The fourth-order valence-electron chi connectivity index (χ4n) is 4.22. The third-order valence-electron chi connectivity index (χ3n) is 5.45. The van der Waals surface area contributed by atoms with Gasteiger partial charge < -0.3 is 4.74 Å². The van der Waals surface area contributed by atoms with Crippen LogP contribution in [0.1, 0.15) is 23.2 Å². The second-order valence-corrected chi connectivity index (χ2v) is 7.72. The maximum absolute atomic E-state index is 13.7. The molecule has 3 nitrogen and oxygen atoms in total. The van der Waals surface area contributed by atoms with Crippen LogP contribution in [0.15, 0.2) is 48.5 Å². The minimum absolute atomic E-state index is 0.0658. The standard InChI is InChI=1S/C21H21ClFNO2/c22-17-7-5-14(6-8-17)20(25)13-24-11-15-9-18(10-16(15)12-24)26-21-4-2-1-3-19(21)23/h1-8,15-16,18H,9-13H2/t15-,16+,18?. The largest absolute Gasteiger partial charge is 0.487 e. The maximum Gasteiger partial charge on any atom is 0.176 e. The van der Waals surface area contributed by atoms with Gasteiger partial charge in [0.1, 0.15) is 0 Å². The van der Waals surface area contributed by atoms with Crippen LogP contribution in [0, 0.1) is 17.7 Å². The number of likely N-dealkylation sites (tertiary alicyclic amines) is 1. The van der Waals surface area contributed by atoms with Crippen LogP contribution in [0.2, 0.25) is 5.02 Å². The van der Waals surface area contributed by atoms with E-state index in [4.69, 9.17) is 16.3 Å². The molecular weight excluding hydrogens is 353 g/mol. The van der Waals surface area contributed by atoms with Crippen molar-refractivity contribution in [2.45, 2.75) is 18.9 Å². The van der Waals surface area contributed by atoms with Crippen molar-refractivity contribution in [2.24, 2.45) is 11.8 Å². The summed E-state index contributed by atoms with van der Waals surface area (Å²) in [5.74, 6) is 1.20. The Labute approximate surface area is 157 Å². The third kappa shape index (κ3) is 3.76. The molecule has 0 spiro atoms. The SMILES string of the molecule is O=C(CN1C[C@H]2CC(Oc3ccccc3F)C[C@H]2C1)c1ccc(Cl)cc1. The lowest BCUT2D eigenvalue weighted by molar-refractivity contribution is 0.0936. The zero-order chi connectivity index (χ0) is 18.1. The van der Waals surface area contributed by atoms with Gasteiger partial charge in [-0.3, -0.25) is 9.69 Å². The summed E-state index contributed by atoms with van der Waals surface area (Å²) >= 11 is 5.88. The second-order valence-electron chi connectivity index (χ2n) is 7.29. The summed E-state index contributed by atoms with van der Waals surface area (Å²) in [6.45, 7) is 2.25. The van der Waals surface area contributed by atoms with E-state index in [2.05, 4.69) is 4.90 Å². The van der Waals surface area contributed by atoms with Crippen LogP contribution in [-0.2, 0) is 0 Å². The number of fused-ring (bicyclic) bond motifs is 1. The Morgan fingerprint density at radius 3 is 2.38 bits per heavy atom. The van der Waals surface area contributed by atoms with Gasteiger partial charge in [-0.05, 0) is 61.1 Å². The molecule has 1 aliphatic heterocycles. The molecule has 2 aliphatic rings. The average molecular weight is 374 g/mol. The number of para-hydroxylation sites is 1. The molecular formula is C21H21ClFNO2. The Morgan fingerprint density at radius 2 is 1.73 bits per heavy atom. The van der Waals surface area contributed by atoms with Gasteiger partial charge in [0.15, 0.2) is 17.3 Å². The van der Waals surface area contributed by atoms with E-state index < -0.39 is 0 Å². The Kier molecular flexibility index (Phi) is 4.96. The zero-order valence-corrected chi connectivity index (χ0v) is 15.2. The highest BCUT2D eigenvalue weighted by Crippen LogP contribution is 2.40. The second kappa shape index (κ2) is 7.37. The third-order valence-corrected chi connectivity index (χ3v) is 5.70. The number of carbonyl (C=O) groups is 1. The van der Waals surface area contributed by atoms with E-state index in [9.17, 15) is 9.18 Å². The van der Waals surface area contributed by atoms with Crippen molar-refractivity contribution < 1.29 is 13.9 Å². The van der Waals surface area contributed by atoms with Gasteiger partial charge in [0.2, 0.25) is 0 Å². The molecule has 5 heteroatoms. The summed E-state index contributed by atoms with van der Waals surface area (Å²) in [6, 6.07) is 13.6. The first-order valence-corrected chi connectivity index (χ1v) is 9.38. The monoisotopic (exact) mass is 373 g/mol. The van der Waals surface area contributed by atoms with Gasteiger partial charge in [0.25, 0.3) is 0 Å². The van der Waals surface area contributed by atoms with E-state index in [1.807, 2.05) is 0 Å². The first-order valence-electron chi connectivity index (χ1n) is 9.01. The minimum atomic E-state index is -0.306. The van der Waals surface area contributed by atoms with E-state index >= 15 is 0 Å². The first-order chi connectivity index (χ1) is 12.6. The summed E-state index contributed by atoms with van der Waals surface area (Å²) in [6.07, 6.45) is 1.91. The summed E-state index contributed by atoms with van der Waals surface area (Å²) < 4.78 is 19.6. The molecule has 1 unspecified atom stereocenters. The average Bonchev–Trinajstić information content (AvgIpc) is 3.15. The van der Waals surface area contributed by atoms with Crippen molar-refractivity contribution in [3.8, 4) is 5.75 Å². The van der Waals surface area contributed by atoms with Gasteiger partial charge in [0.05, 0.1) is 12.6 Å². The number of Topliss-reactive ketones (excluding diaryl/α,β-unsaturated/α-hetero) is 1. The normalized spacial score (nSPS) is 25.2. The Bertz CT molecular complexity index is 781. The number of ether oxygens (including phenoxy) is 1. The molecule has 2 aromatic carbocycles. The van der Waals surface area contributed by atoms with Gasteiger partial charge in [-0.1, -0.05) is 23.7 Å². The number of rotatable bonds is 5. The predicted octanol–water partition coefficient (Wildman–Crippen LogP) is 4.45. The number of hydrogen-bond donors (Lipinski definition) is 0. The molecule has 0 N–H and O–H groups in total. The molecule has 2 fully saturated rings. The topological polar surface area (TPSA) is 29.5 Å². The van der Waals surface area contributed by atoms with Gasteiger partial charge in [0, 0.05) is 23.7 Å². The molecule has 1 saturated carbocycles. The van der Waals surface area contributed by atoms with Crippen LogP contribution in [0.4, 0.5) is 4.39 Å². The fraction of sp³-hybridized carbons (Fsp3) is 0.381.